The summed E-state index contributed by atoms with van der Waals surface area (Å²) in [5.41, 5.74) is 1.81. The van der Waals surface area contributed by atoms with Gasteiger partial charge in [-0.25, -0.2) is 4.79 Å². The SMILES string of the molecule is COC(=O)c1ccc2nnn(OCC(=O)Nc3ccccc3OC)c2c1. The number of esters is 1. The Bertz CT molecular complexity index is 953. The summed E-state index contributed by atoms with van der Waals surface area (Å²) in [5.74, 6) is -0.356. The van der Waals surface area contributed by atoms with E-state index in [1.165, 1.54) is 20.3 Å². The number of ether oxygens (including phenoxy) is 2. The molecule has 134 valence electrons. The minimum Gasteiger partial charge on any atom is -0.495 e. The Morgan fingerprint density at radius 2 is 1.96 bits per heavy atom. The van der Waals surface area contributed by atoms with Gasteiger partial charge in [-0.3, -0.25) is 4.79 Å². The van der Waals surface area contributed by atoms with Crippen LogP contribution in [0, 0.1) is 0 Å². The van der Waals surface area contributed by atoms with E-state index in [0.717, 1.165) is 4.85 Å². The maximum absolute atomic E-state index is 12.1. The van der Waals surface area contributed by atoms with Crippen molar-refractivity contribution in [2.75, 3.05) is 26.1 Å². The molecule has 0 aliphatic carbocycles. The number of nitrogens with zero attached hydrogens (tertiary/aromatic N) is 3. The van der Waals surface area contributed by atoms with E-state index in [1.54, 1.807) is 36.4 Å². The molecule has 26 heavy (non-hydrogen) atoms. The number of carbonyl (C=O) groups excluding carboxylic acids is 2. The molecule has 3 rings (SSSR count). The maximum atomic E-state index is 12.1. The number of nitrogens with one attached hydrogen (secondary N) is 1. The predicted molar refractivity (Wildman–Crippen MR) is 91.9 cm³/mol. The minimum absolute atomic E-state index is 0.307. The first-order valence-corrected chi connectivity index (χ1v) is 7.62. The van der Waals surface area contributed by atoms with Gasteiger partial charge in [-0.05, 0) is 35.5 Å². The quantitative estimate of drug-likeness (QED) is 0.664. The van der Waals surface area contributed by atoms with Crippen molar-refractivity contribution in [2.24, 2.45) is 0 Å². The van der Waals surface area contributed by atoms with Crippen molar-refractivity contribution in [1.82, 2.24) is 15.2 Å². The van der Waals surface area contributed by atoms with Gasteiger partial charge in [0.25, 0.3) is 5.91 Å². The number of amides is 1. The van der Waals surface area contributed by atoms with Crippen LogP contribution in [0.3, 0.4) is 0 Å². The summed E-state index contributed by atoms with van der Waals surface area (Å²) in [6, 6.07) is 11.7. The van der Waals surface area contributed by atoms with E-state index in [2.05, 4.69) is 20.4 Å². The van der Waals surface area contributed by atoms with Gasteiger partial charge in [0.1, 0.15) is 16.8 Å². The lowest BCUT2D eigenvalue weighted by molar-refractivity contribution is -0.121. The van der Waals surface area contributed by atoms with Crippen LogP contribution in [0.15, 0.2) is 42.5 Å². The number of aromatic nitrogens is 3. The number of benzene rings is 2. The summed E-state index contributed by atoms with van der Waals surface area (Å²) in [7, 11) is 2.81. The van der Waals surface area contributed by atoms with Gasteiger partial charge < -0.3 is 19.6 Å². The zero-order valence-electron chi connectivity index (χ0n) is 14.1. The molecule has 1 aromatic heterocycles. The molecule has 0 radical (unpaired) electrons. The van der Waals surface area contributed by atoms with E-state index in [4.69, 9.17) is 9.57 Å². The van der Waals surface area contributed by atoms with Gasteiger partial charge in [0.2, 0.25) is 0 Å². The molecule has 1 N–H and O–H groups in total. The van der Waals surface area contributed by atoms with E-state index < -0.39 is 11.9 Å². The van der Waals surface area contributed by atoms with E-state index in [-0.39, 0.29) is 6.61 Å². The minimum atomic E-state index is -0.492. The van der Waals surface area contributed by atoms with E-state index in [9.17, 15) is 9.59 Å². The third-order valence-corrected chi connectivity index (χ3v) is 3.54. The third-order valence-electron chi connectivity index (χ3n) is 3.54. The Kier molecular flexibility index (Phi) is 4.97. The second-order valence-electron chi connectivity index (χ2n) is 5.18. The number of fused-ring (bicyclic) bond motifs is 1. The highest BCUT2D eigenvalue weighted by molar-refractivity contribution is 5.94. The highest BCUT2D eigenvalue weighted by Gasteiger charge is 2.13. The number of para-hydroxylation sites is 2. The molecular weight excluding hydrogens is 340 g/mol. The standard InChI is InChI=1S/C17H16N4O5/c1-24-15-6-4-3-5-13(15)18-16(22)10-26-21-14-9-11(17(23)25-2)7-8-12(14)19-20-21/h3-9H,10H2,1-2H3,(H,18,22). The number of rotatable bonds is 6. The number of carbonyl (C=O) groups is 2. The molecule has 9 nitrogen and oxygen atoms in total. The van der Waals surface area contributed by atoms with Crippen molar-refractivity contribution in [3.05, 3.63) is 48.0 Å². The lowest BCUT2D eigenvalue weighted by Gasteiger charge is -2.10. The van der Waals surface area contributed by atoms with Crippen molar-refractivity contribution in [3.63, 3.8) is 0 Å². The van der Waals surface area contributed by atoms with Gasteiger partial charge in [0, 0.05) is 0 Å². The highest BCUT2D eigenvalue weighted by Crippen LogP contribution is 2.22. The van der Waals surface area contributed by atoms with Crippen LogP contribution in [0.1, 0.15) is 10.4 Å². The first kappa shape index (κ1) is 17.2. The second kappa shape index (κ2) is 7.51. The van der Waals surface area contributed by atoms with Gasteiger partial charge >= 0.3 is 5.97 Å². The molecule has 9 heteroatoms. The molecule has 0 bridgehead atoms. The van der Waals surface area contributed by atoms with Crippen LogP contribution in [0.4, 0.5) is 5.69 Å². The van der Waals surface area contributed by atoms with Crippen molar-refractivity contribution in [2.45, 2.75) is 0 Å². The van der Waals surface area contributed by atoms with E-state index in [0.29, 0.717) is 28.0 Å². The molecule has 0 unspecified atom stereocenters. The molecule has 0 atom stereocenters. The maximum Gasteiger partial charge on any atom is 0.337 e. The summed E-state index contributed by atoms with van der Waals surface area (Å²) in [4.78, 5) is 30.2. The van der Waals surface area contributed by atoms with E-state index in [1.807, 2.05) is 0 Å². The molecule has 2 aromatic carbocycles. The largest absolute Gasteiger partial charge is 0.495 e. The topological polar surface area (TPSA) is 105 Å². The van der Waals surface area contributed by atoms with Crippen molar-refractivity contribution < 1.29 is 23.9 Å². The van der Waals surface area contributed by atoms with Gasteiger partial charge in [0.15, 0.2) is 6.61 Å². The number of methoxy groups -OCH3 is 2. The molecule has 3 aromatic rings. The van der Waals surface area contributed by atoms with Crippen LogP contribution in [0.25, 0.3) is 11.0 Å². The fourth-order valence-corrected chi connectivity index (χ4v) is 2.29. The zero-order chi connectivity index (χ0) is 18.5. The Labute approximate surface area is 148 Å². The van der Waals surface area contributed by atoms with Crippen molar-refractivity contribution in [1.29, 1.82) is 0 Å². The van der Waals surface area contributed by atoms with Gasteiger partial charge in [-0.15, -0.1) is 5.10 Å². The first-order chi connectivity index (χ1) is 12.6. The summed E-state index contributed by atoms with van der Waals surface area (Å²) < 4.78 is 9.86. The van der Waals surface area contributed by atoms with Crippen molar-refractivity contribution in [3.8, 4) is 5.75 Å². The number of hydrogen-bond donors (Lipinski definition) is 1. The molecule has 0 saturated heterocycles. The van der Waals surface area contributed by atoms with Crippen LogP contribution in [0.2, 0.25) is 0 Å². The third kappa shape index (κ3) is 3.56. The lowest BCUT2D eigenvalue weighted by atomic mass is 10.2. The molecule has 0 fully saturated rings. The molecule has 0 aliphatic heterocycles. The molecule has 1 amide bonds. The van der Waals surface area contributed by atoms with Crippen LogP contribution in [-0.2, 0) is 9.53 Å². The zero-order valence-corrected chi connectivity index (χ0v) is 14.1. The molecule has 1 heterocycles. The fraction of sp³-hybridized carbons (Fsp3) is 0.176. The number of anilines is 1. The number of hydrogen-bond acceptors (Lipinski definition) is 7. The van der Waals surface area contributed by atoms with Gasteiger partial charge in [-0.1, -0.05) is 17.0 Å². The molecule has 0 saturated carbocycles. The monoisotopic (exact) mass is 356 g/mol. The average molecular weight is 356 g/mol. The molecular formula is C17H16N4O5. The van der Waals surface area contributed by atoms with Gasteiger partial charge in [0.05, 0.1) is 25.5 Å². The Hall–Kier alpha value is -3.62. The van der Waals surface area contributed by atoms with Crippen LogP contribution in [-0.4, -0.2) is 47.9 Å². The lowest BCUT2D eigenvalue weighted by Crippen LogP contribution is -2.26. The predicted octanol–water partition coefficient (Wildman–Crippen LogP) is 1.29. The highest BCUT2D eigenvalue weighted by atomic mass is 16.7. The summed E-state index contributed by atoms with van der Waals surface area (Å²) in [6.45, 7) is -0.307. The van der Waals surface area contributed by atoms with Crippen LogP contribution in [0.5, 0.6) is 5.75 Å². The Morgan fingerprint density at radius 1 is 1.15 bits per heavy atom. The normalized spacial score (nSPS) is 10.4. The molecule has 0 spiro atoms. The Balaban J connectivity index is 1.71. The second-order valence-corrected chi connectivity index (χ2v) is 5.18. The summed E-state index contributed by atoms with van der Waals surface area (Å²) in [5, 5.41) is 10.4. The first-order valence-electron chi connectivity index (χ1n) is 7.62. The van der Waals surface area contributed by atoms with Crippen LogP contribution >= 0.6 is 0 Å². The smallest absolute Gasteiger partial charge is 0.337 e. The summed E-state index contributed by atoms with van der Waals surface area (Å²) in [6.07, 6.45) is 0. The van der Waals surface area contributed by atoms with Crippen molar-refractivity contribution >= 4 is 28.6 Å². The fourth-order valence-electron chi connectivity index (χ4n) is 2.29. The average Bonchev–Trinajstić information content (AvgIpc) is 3.08. The van der Waals surface area contributed by atoms with Crippen LogP contribution < -0.4 is 14.9 Å². The molecule has 0 aliphatic rings. The Morgan fingerprint density at radius 3 is 2.73 bits per heavy atom. The van der Waals surface area contributed by atoms with E-state index >= 15 is 0 Å². The summed E-state index contributed by atoms with van der Waals surface area (Å²) >= 11 is 0. The van der Waals surface area contributed by atoms with Gasteiger partial charge in [-0.2, -0.15) is 0 Å².